The Kier molecular flexibility index (Phi) is 10.8. The van der Waals surface area contributed by atoms with E-state index in [-0.39, 0.29) is 30.0 Å². The first kappa shape index (κ1) is 25.6. The molecule has 3 rings (SSSR count). The number of halogens is 1. The summed E-state index contributed by atoms with van der Waals surface area (Å²) in [4.78, 5) is 6.91. The average Bonchev–Trinajstić information content (AvgIpc) is 3.19. The van der Waals surface area contributed by atoms with Crippen LogP contribution < -0.4 is 10.6 Å². The Balaban J connectivity index is 0.00000341. The van der Waals surface area contributed by atoms with Crippen LogP contribution in [0.25, 0.3) is 0 Å². The largest absolute Gasteiger partial charge is 0.379 e. The van der Waals surface area contributed by atoms with E-state index in [1.165, 1.54) is 11.1 Å². The highest BCUT2D eigenvalue weighted by Gasteiger charge is 2.23. The third-order valence-corrected chi connectivity index (χ3v) is 5.67. The van der Waals surface area contributed by atoms with Gasteiger partial charge in [-0.1, -0.05) is 48.8 Å². The molecule has 0 spiro atoms. The normalized spacial score (nSPS) is 15.9. The second-order valence-electron chi connectivity index (χ2n) is 7.62. The lowest BCUT2D eigenvalue weighted by Gasteiger charge is -2.35. The van der Waals surface area contributed by atoms with E-state index in [0.717, 1.165) is 68.7 Å². The van der Waals surface area contributed by atoms with Gasteiger partial charge in [0.05, 0.1) is 24.9 Å². The van der Waals surface area contributed by atoms with Crippen molar-refractivity contribution in [3.8, 4) is 0 Å². The molecule has 0 amide bonds. The fourth-order valence-corrected chi connectivity index (χ4v) is 3.86. The van der Waals surface area contributed by atoms with E-state index in [1.54, 1.807) is 7.05 Å². The van der Waals surface area contributed by atoms with Crippen molar-refractivity contribution in [1.29, 1.82) is 0 Å². The first-order valence-corrected chi connectivity index (χ1v) is 10.9. The van der Waals surface area contributed by atoms with E-state index < -0.39 is 0 Å². The zero-order valence-corrected chi connectivity index (χ0v) is 21.4. The minimum Gasteiger partial charge on any atom is -0.379 e. The first-order chi connectivity index (χ1) is 14.7. The summed E-state index contributed by atoms with van der Waals surface area (Å²) in [6, 6.07) is 9.08. The lowest BCUT2D eigenvalue weighted by molar-refractivity contribution is 0.0170. The molecule has 0 bridgehead atoms. The highest BCUT2D eigenvalue weighted by molar-refractivity contribution is 14.0. The summed E-state index contributed by atoms with van der Waals surface area (Å²) in [6.45, 7) is 11.2. The number of rotatable bonds is 8. The van der Waals surface area contributed by atoms with E-state index in [2.05, 4.69) is 70.7 Å². The van der Waals surface area contributed by atoms with Crippen LogP contribution in [0.5, 0.6) is 0 Å². The molecule has 0 saturated carbocycles. The van der Waals surface area contributed by atoms with Gasteiger partial charge in [0.25, 0.3) is 0 Å². The summed E-state index contributed by atoms with van der Waals surface area (Å²) >= 11 is 0. The molecule has 1 aliphatic heterocycles. The second kappa shape index (κ2) is 13.0. The van der Waals surface area contributed by atoms with Crippen LogP contribution in [-0.4, -0.2) is 55.9 Å². The topological polar surface area (TPSA) is 74.9 Å². The third kappa shape index (κ3) is 6.92. The Hall–Kier alpha value is -1.65. The molecule has 1 saturated heterocycles. The monoisotopic (exact) mass is 541 g/mol. The number of hydrogen-bond donors (Lipinski definition) is 2. The third-order valence-electron chi connectivity index (χ3n) is 5.67. The molecule has 1 aliphatic rings. The van der Waals surface area contributed by atoms with Crippen LogP contribution in [-0.2, 0) is 24.1 Å². The van der Waals surface area contributed by atoms with Gasteiger partial charge in [0.1, 0.15) is 5.76 Å². The quantitative estimate of drug-likeness (QED) is 0.303. The van der Waals surface area contributed by atoms with E-state index in [0.29, 0.717) is 6.54 Å². The van der Waals surface area contributed by atoms with Crippen molar-refractivity contribution in [1.82, 2.24) is 20.7 Å². The van der Waals surface area contributed by atoms with Crippen molar-refractivity contribution in [3.05, 3.63) is 52.4 Å². The molecule has 8 heteroatoms. The zero-order chi connectivity index (χ0) is 21.3. The Morgan fingerprint density at radius 1 is 1.13 bits per heavy atom. The van der Waals surface area contributed by atoms with Gasteiger partial charge in [-0.05, 0) is 18.9 Å². The van der Waals surface area contributed by atoms with Gasteiger partial charge in [0.2, 0.25) is 0 Å². The summed E-state index contributed by atoms with van der Waals surface area (Å²) in [6.07, 6.45) is 1.70. The Morgan fingerprint density at radius 2 is 1.84 bits per heavy atom. The number of aliphatic imine (C=N–C) groups is 1. The van der Waals surface area contributed by atoms with Gasteiger partial charge in [-0.2, -0.15) is 0 Å². The van der Waals surface area contributed by atoms with Gasteiger partial charge in [-0.25, -0.2) is 0 Å². The van der Waals surface area contributed by atoms with Crippen LogP contribution in [0.2, 0.25) is 0 Å². The Morgan fingerprint density at radius 3 is 2.45 bits per heavy atom. The molecule has 7 nitrogen and oxygen atoms in total. The predicted octanol–water partition coefficient (Wildman–Crippen LogP) is 3.46. The molecular formula is C23H36IN5O2. The number of ether oxygens (including phenoxy) is 1. The van der Waals surface area contributed by atoms with Gasteiger partial charge in [0, 0.05) is 45.2 Å². The van der Waals surface area contributed by atoms with Crippen LogP contribution in [0.15, 0.2) is 33.8 Å². The van der Waals surface area contributed by atoms with E-state index >= 15 is 0 Å². The molecule has 0 radical (unpaired) electrons. The molecule has 31 heavy (non-hydrogen) atoms. The summed E-state index contributed by atoms with van der Waals surface area (Å²) in [5.74, 6) is 1.73. The van der Waals surface area contributed by atoms with Gasteiger partial charge in [-0.15, -0.1) is 24.0 Å². The number of benzene rings is 1. The lowest BCUT2D eigenvalue weighted by atomic mass is 10.0. The van der Waals surface area contributed by atoms with Crippen molar-refractivity contribution < 1.29 is 9.26 Å². The van der Waals surface area contributed by atoms with Gasteiger partial charge >= 0.3 is 0 Å². The number of morpholine rings is 1. The number of nitrogens with one attached hydrogen (secondary N) is 2. The van der Waals surface area contributed by atoms with Crippen molar-refractivity contribution in [2.24, 2.45) is 4.99 Å². The summed E-state index contributed by atoms with van der Waals surface area (Å²) in [7, 11) is 1.81. The lowest BCUT2D eigenvalue weighted by Crippen LogP contribution is -2.46. The molecule has 2 N–H and O–H groups in total. The molecule has 172 valence electrons. The van der Waals surface area contributed by atoms with Crippen LogP contribution >= 0.6 is 24.0 Å². The number of guanidine groups is 1. The Bertz CT molecular complexity index is 794. The van der Waals surface area contributed by atoms with Crippen molar-refractivity contribution in [2.75, 3.05) is 39.9 Å². The summed E-state index contributed by atoms with van der Waals surface area (Å²) in [5, 5.41) is 11.2. The van der Waals surface area contributed by atoms with Crippen LogP contribution in [0, 0.1) is 6.92 Å². The van der Waals surface area contributed by atoms with Gasteiger partial charge < -0.3 is 19.9 Å². The van der Waals surface area contributed by atoms with Crippen LogP contribution in [0.1, 0.15) is 48.0 Å². The fraction of sp³-hybridized carbons (Fsp3) is 0.565. The number of aromatic nitrogens is 1. The molecule has 1 aromatic heterocycles. The second-order valence-corrected chi connectivity index (χ2v) is 7.62. The molecule has 0 aliphatic carbocycles. The number of hydrogen-bond acceptors (Lipinski definition) is 5. The van der Waals surface area contributed by atoms with E-state index in [9.17, 15) is 0 Å². The van der Waals surface area contributed by atoms with E-state index in [4.69, 9.17) is 9.26 Å². The SMILES string of the molecule is CCc1noc(CC)c1CNC(=NC)NCC(c1ccc(C)cc1)N1CCOCC1.I. The van der Waals surface area contributed by atoms with Gasteiger partial charge in [0.15, 0.2) is 5.96 Å². The summed E-state index contributed by atoms with van der Waals surface area (Å²) < 4.78 is 11.0. The highest BCUT2D eigenvalue weighted by Crippen LogP contribution is 2.22. The first-order valence-electron chi connectivity index (χ1n) is 10.9. The van der Waals surface area contributed by atoms with Crippen molar-refractivity contribution >= 4 is 29.9 Å². The Labute approximate surface area is 203 Å². The molecule has 1 fully saturated rings. The molecule has 2 aromatic rings. The standard InChI is InChI=1S/C23H35N5O2.HI/c1-5-20-19(22(6-2)30-27-20)15-25-23(24-4)26-16-21(28-11-13-29-14-12-28)18-9-7-17(3)8-10-18;/h7-10,21H,5-6,11-16H2,1-4H3,(H2,24,25,26);1H. The maximum Gasteiger partial charge on any atom is 0.191 e. The minimum atomic E-state index is 0. The van der Waals surface area contributed by atoms with Gasteiger partial charge in [-0.3, -0.25) is 9.89 Å². The van der Waals surface area contributed by atoms with Crippen LogP contribution in [0.4, 0.5) is 0 Å². The fourth-order valence-electron chi connectivity index (χ4n) is 3.86. The zero-order valence-electron chi connectivity index (χ0n) is 19.1. The average molecular weight is 541 g/mol. The highest BCUT2D eigenvalue weighted by atomic mass is 127. The number of nitrogens with zero attached hydrogens (tertiary/aromatic N) is 3. The number of aryl methyl sites for hydroxylation is 3. The van der Waals surface area contributed by atoms with Crippen LogP contribution in [0.3, 0.4) is 0 Å². The van der Waals surface area contributed by atoms with E-state index in [1.807, 2.05) is 0 Å². The predicted molar refractivity (Wildman–Crippen MR) is 135 cm³/mol. The molecule has 2 heterocycles. The molecular weight excluding hydrogens is 505 g/mol. The molecule has 1 atom stereocenters. The molecule has 1 aromatic carbocycles. The summed E-state index contributed by atoms with van der Waals surface area (Å²) in [5.41, 5.74) is 4.75. The maximum absolute atomic E-state index is 5.56. The minimum absolute atomic E-state index is 0. The van der Waals surface area contributed by atoms with Crippen molar-refractivity contribution in [3.63, 3.8) is 0 Å². The molecule has 1 unspecified atom stereocenters. The maximum atomic E-state index is 5.56. The smallest absolute Gasteiger partial charge is 0.191 e. The van der Waals surface area contributed by atoms with Crippen molar-refractivity contribution in [2.45, 2.75) is 46.2 Å².